The zero-order chi connectivity index (χ0) is 9.56. The van der Waals surface area contributed by atoms with Gasteiger partial charge < -0.3 is 21.8 Å². The molecule has 5 heteroatoms. The second-order valence-corrected chi connectivity index (χ2v) is 3.31. The summed E-state index contributed by atoms with van der Waals surface area (Å²) in [5.74, 6) is -0.549. The Hall–Kier alpha value is 0.594. The second-order valence-electron chi connectivity index (χ2n) is 2.27. The van der Waals surface area contributed by atoms with Crippen LogP contribution in [-0.4, -0.2) is 23.3 Å². The smallest absolute Gasteiger partial charge is 0.0701 e. The standard InChI is InChI=1S/C5H7NO2S.C3H7.Y/c1-9-3-2-4(7)6-5(3)8;1-3-2;/h3H,2H2,1H3,(H,6,7,8);1,3H2,2H3;/q;-1;/p-1. The van der Waals surface area contributed by atoms with Gasteiger partial charge in [-0.3, -0.25) is 0 Å². The normalized spacial score (nSPS) is 19.8. The molecule has 0 aromatic rings. The van der Waals surface area contributed by atoms with Crippen molar-refractivity contribution in [3.63, 3.8) is 0 Å². The third kappa shape index (κ3) is 6.64. The van der Waals surface area contributed by atoms with E-state index in [0.29, 0.717) is 6.42 Å². The molecule has 1 rings (SSSR count). The molecular formula is C8H13NO2SY-2. The molecule has 0 spiro atoms. The zero-order valence-electron chi connectivity index (χ0n) is 7.95. The Kier molecular flexibility index (Phi) is 11.3. The summed E-state index contributed by atoms with van der Waals surface area (Å²) in [5, 5.41) is 3.05. The summed E-state index contributed by atoms with van der Waals surface area (Å²) in [4.78, 5) is 21.0. The Balaban J connectivity index is 0. The van der Waals surface area contributed by atoms with Gasteiger partial charge in [-0.05, 0) is 6.26 Å². The van der Waals surface area contributed by atoms with Crippen LogP contribution in [-0.2, 0) is 42.3 Å². The van der Waals surface area contributed by atoms with Gasteiger partial charge in [0, 0.05) is 39.1 Å². The fourth-order valence-electron chi connectivity index (χ4n) is 0.671. The van der Waals surface area contributed by atoms with Crippen molar-refractivity contribution in [3.8, 4) is 0 Å². The molecule has 13 heavy (non-hydrogen) atoms. The van der Waals surface area contributed by atoms with Gasteiger partial charge in [0.15, 0.2) is 0 Å². The number of carbonyl (C=O) groups is 2. The Labute approximate surface area is 109 Å². The van der Waals surface area contributed by atoms with Crippen LogP contribution in [0.2, 0.25) is 0 Å². The molecule has 1 unspecified atom stereocenters. The number of amides is 2. The average Bonchev–Trinajstić information content (AvgIpc) is 2.31. The first-order chi connectivity index (χ1) is 5.65. The summed E-state index contributed by atoms with van der Waals surface area (Å²) in [6.45, 7) is 5.50. The van der Waals surface area contributed by atoms with E-state index in [4.69, 9.17) is 0 Å². The Morgan fingerprint density at radius 3 is 2.23 bits per heavy atom. The molecule has 1 fully saturated rings. The van der Waals surface area contributed by atoms with E-state index in [0.717, 1.165) is 6.42 Å². The number of carbonyl (C=O) groups excluding carboxylic acids is 2. The van der Waals surface area contributed by atoms with Crippen LogP contribution < -0.4 is 0 Å². The topological polar surface area (TPSA) is 48.2 Å². The van der Waals surface area contributed by atoms with Crippen molar-refractivity contribution in [1.29, 1.82) is 0 Å². The molecule has 1 radical (unpaired) electrons. The third-order valence-corrected chi connectivity index (χ3v) is 2.09. The number of hydrogen-bond donors (Lipinski definition) is 0. The molecule has 0 bridgehead atoms. The molecule has 3 nitrogen and oxygen atoms in total. The predicted octanol–water partition coefficient (Wildman–Crippen LogP) is 1.78. The van der Waals surface area contributed by atoms with E-state index in [-0.39, 0.29) is 49.8 Å². The van der Waals surface area contributed by atoms with E-state index in [1.807, 2.05) is 6.92 Å². The molecule has 0 N–H and O–H groups in total. The Bertz CT molecular complexity index is 176. The second kappa shape index (κ2) is 9.16. The van der Waals surface area contributed by atoms with Crippen molar-refractivity contribution in [2.45, 2.75) is 25.0 Å². The van der Waals surface area contributed by atoms with E-state index < -0.39 is 0 Å². The van der Waals surface area contributed by atoms with Gasteiger partial charge in [0.25, 0.3) is 0 Å². The van der Waals surface area contributed by atoms with E-state index >= 15 is 0 Å². The van der Waals surface area contributed by atoms with Crippen molar-refractivity contribution in [1.82, 2.24) is 0 Å². The average molecular weight is 276 g/mol. The predicted molar refractivity (Wildman–Crippen MR) is 50.9 cm³/mol. The summed E-state index contributed by atoms with van der Waals surface area (Å²) in [6, 6.07) is 0. The van der Waals surface area contributed by atoms with Gasteiger partial charge in [0.05, 0.1) is 17.1 Å². The van der Waals surface area contributed by atoms with E-state index in [1.54, 1.807) is 6.26 Å². The Morgan fingerprint density at radius 2 is 2.08 bits per heavy atom. The van der Waals surface area contributed by atoms with Crippen LogP contribution in [0.1, 0.15) is 19.8 Å². The van der Waals surface area contributed by atoms with Crippen LogP contribution in [0.25, 0.3) is 5.32 Å². The first-order valence-corrected chi connectivity index (χ1v) is 5.04. The largest absolute Gasteiger partial charge is 0.595 e. The van der Waals surface area contributed by atoms with Gasteiger partial charge in [-0.25, -0.2) is 0 Å². The quantitative estimate of drug-likeness (QED) is 0.542. The molecule has 2 amide bonds. The minimum Gasteiger partial charge on any atom is -0.595 e. The number of nitrogens with zero attached hydrogens (tertiary/aromatic N) is 1. The summed E-state index contributed by atoms with van der Waals surface area (Å²) in [7, 11) is 0. The van der Waals surface area contributed by atoms with Gasteiger partial charge in [-0.2, -0.15) is 18.2 Å². The minimum absolute atomic E-state index is 0. The van der Waals surface area contributed by atoms with Crippen molar-refractivity contribution < 1.29 is 42.3 Å². The van der Waals surface area contributed by atoms with Gasteiger partial charge in [0.1, 0.15) is 0 Å². The molecule has 73 valence electrons. The third-order valence-electron chi connectivity index (χ3n) is 1.15. The first kappa shape index (κ1) is 16.0. The maximum Gasteiger partial charge on any atom is 0.0701 e. The van der Waals surface area contributed by atoms with Gasteiger partial charge >= 0.3 is 0 Å². The SMILES string of the molecule is CSC1CC(=O)[N-]C1=O.[CH2-]CC.[Y]. The van der Waals surface area contributed by atoms with Crippen LogP contribution in [0, 0.1) is 6.92 Å². The summed E-state index contributed by atoms with van der Waals surface area (Å²) >= 11 is 1.38. The molecule has 0 aliphatic carbocycles. The molecule has 1 aliphatic rings. The van der Waals surface area contributed by atoms with Gasteiger partial charge in [-0.15, -0.1) is 0 Å². The van der Waals surface area contributed by atoms with Crippen LogP contribution >= 0.6 is 11.8 Å². The summed E-state index contributed by atoms with van der Waals surface area (Å²) < 4.78 is 0. The number of hydrogen-bond acceptors (Lipinski definition) is 3. The molecule has 0 aromatic carbocycles. The molecule has 0 saturated carbocycles. The number of thioether (sulfide) groups is 1. The van der Waals surface area contributed by atoms with Crippen LogP contribution in [0.5, 0.6) is 0 Å². The maximum absolute atomic E-state index is 10.6. The van der Waals surface area contributed by atoms with E-state index in [2.05, 4.69) is 12.2 Å². The fraction of sp³-hybridized carbons (Fsp3) is 0.625. The maximum atomic E-state index is 10.6. The van der Waals surface area contributed by atoms with Crippen molar-refractivity contribution in [2.75, 3.05) is 6.26 Å². The number of imide groups is 1. The van der Waals surface area contributed by atoms with Crippen LogP contribution in [0.15, 0.2) is 0 Å². The van der Waals surface area contributed by atoms with Crippen molar-refractivity contribution in [3.05, 3.63) is 12.2 Å². The van der Waals surface area contributed by atoms with Gasteiger partial charge in [0.2, 0.25) is 0 Å². The molecule has 1 heterocycles. The molecule has 1 saturated heterocycles. The number of rotatable bonds is 1. The molecule has 0 aromatic heterocycles. The van der Waals surface area contributed by atoms with E-state index in [9.17, 15) is 9.59 Å². The van der Waals surface area contributed by atoms with Crippen LogP contribution in [0.3, 0.4) is 0 Å². The molecule has 1 aliphatic heterocycles. The van der Waals surface area contributed by atoms with E-state index in [1.165, 1.54) is 11.8 Å². The fourth-order valence-corrected chi connectivity index (χ4v) is 1.23. The summed E-state index contributed by atoms with van der Waals surface area (Å²) in [6.07, 6.45) is 3.09. The molecule has 1 atom stereocenters. The van der Waals surface area contributed by atoms with Crippen LogP contribution in [0.4, 0.5) is 0 Å². The zero-order valence-corrected chi connectivity index (χ0v) is 11.6. The summed E-state index contributed by atoms with van der Waals surface area (Å²) in [5.41, 5.74) is 0. The Morgan fingerprint density at radius 1 is 1.62 bits per heavy atom. The monoisotopic (exact) mass is 276 g/mol. The first-order valence-electron chi connectivity index (χ1n) is 3.76. The molecular weight excluding hydrogens is 263 g/mol. The van der Waals surface area contributed by atoms with Crippen molar-refractivity contribution >= 4 is 23.6 Å². The van der Waals surface area contributed by atoms with Crippen molar-refractivity contribution in [2.24, 2.45) is 0 Å². The van der Waals surface area contributed by atoms with Gasteiger partial charge in [-0.1, -0.05) is 6.92 Å². The minimum atomic E-state index is -0.278.